The number of carbonyl (C=O) groups is 1. The van der Waals surface area contributed by atoms with Gasteiger partial charge in [-0.1, -0.05) is 6.42 Å². The second-order valence-electron chi connectivity index (χ2n) is 7.25. The van der Waals surface area contributed by atoms with Gasteiger partial charge < -0.3 is 9.80 Å². The highest BCUT2D eigenvalue weighted by molar-refractivity contribution is 7.88. The Morgan fingerprint density at radius 2 is 1.92 bits per heavy atom. The summed E-state index contributed by atoms with van der Waals surface area (Å²) in [6.45, 7) is 4.93. The van der Waals surface area contributed by atoms with Gasteiger partial charge in [0.1, 0.15) is 0 Å². The van der Waals surface area contributed by atoms with Crippen LogP contribution in [0.3, 0.4) is 0 Å². The molecule has 2 saturated heterocycles. The average molecular weight is 384 g/mol. The van der Waals surface area contributed by atoms with Gasteiger partial charge in [-0.3, -0.25) is 9.48 Å². The summed E-state index contributed by atoms with van der Waals surface area (Å²) < 4.78 is 27.7. The Labute approximate surface area is 155 Å². The summed E-state index contributed by atoms with van der Waals surface area (Å²) in [6, 6.07) is 1.74. The minimum Gasteiger partial charge on any atom is -0.339 e. The lowest BCUT2D eigenvalue weighted by Gasteiger charge is -2.44. The number of aryl methyl sites for hydroxylation is 1. The first-order valence-corrected chi connectivity index (χ1v) is 11.2. The smallest absolute Gasteiger partial charge is 0.224 e. The predicted octanol–water partition coefficient (Wildman–Crippen LogP) is 0.232. The van der Waals surface area contributed by atoms with Crippen LogP contribution in [0.2, 0.25) is 0 Å². The molecule has 0 N–H and O–H groups in total. The molecule has 8 nitrogen and oxygen atoms in total. The van der Waals surface area contributed by atoms with Crippen LogP contribution < -0.4 is 0 Å². The minimum atomic E-state index is -3.27. The van der Waals surface area contributed by atoms with E-state index in [0.29, 0.717) is 32.6 Å². The second-order valence-corrected chi connectivity index (χ2v) is 9.18. The number of carbonyl (C=O) groups excluding carboxylic acids is 1. The molecule has 1 aromatic heterocycles. The number of nitrogens with zero attached hydrogens (tertiary/aromatic N) is 5. The van der Waals surface area contributed by atoms with Crippen molar-refractivity contribution in [2.75, 3.05) is 45.5 Å². The van der Waals surface area contributed by atoms with E-state index in [-0.39, 0.29) is 11.9 Å². The lowest BCUT2D eigenvalue weighted by Crippen LogP contribution is -2.63. The number of hydrogen-bond acceptors (Lipinski definition) is 5. The van der Waals surface area contributed by atoms with Crippen molar-refractivity contribution in [3.8, 4) is 0 Å². The van der Waals surface area contributed by atoms with Crippen LogP contribution >= 0.6 is 0 Å². The van der Waals surface area contributed by atoms with Gasteiger partial charge in [0, 0.05) is 51.5 Å². The van der Waals surface area contributed by atoms with E-state index in [9.17, 15) is 13.2 Å². The number of aromatic nitrogens is 2. The molecule has 9 heteroatoms. The lowest BCUT2D eigenvalue weighted by molar-refractivity contribution is -0.137. The van der Waals surface area contributed by atoms with Crippen molar-refractivity contribution in [3.63, 3.8) is 0 Å². The number of likely N-dealkylation sites (tertiary alicyclic amines) is 2. The molecule has 2 aliphatic heterocycles. The number of piperidine rings is 1. The van der Waals surface area contributed by atoms with Crippen LogP contribution in [0.15, 0.2) is 18.5 Å². The Kier molecular flexibility index (Phi) is 6.31. The first kappa shape index (κ1) is 19.3. The van der Waals surface area contributed by atoms with E-state index in [1.165, 1.54) is 25.5 Å². The standard InChI is InChI=1S/C17H29N5O3S/c1-26(24,25)22(13-12-19-8-3-2-4-9-19)16-14-20(15-16)17(23)6-11-21-10-5-7-18-21/h5,7,10,16H,2-4,6,8-9,11-15H2,1H3. The molecule has 2 aliphatic rings. The number of sulfonamides is 1. The summed E-state index contributed by atoms with van der Waals surface area (Å²) in [5.41, 5.74) is 0. The molecule has 0 unspecified atom stereocenters. The molecule has 0 aliphatic carbocycles. The molecule has 0 aromatic carbocycles. The predicted molar refractivity (Wildman–Crippen MR) is 99.1 cm³/mol. The molecule has 2 fully saturated rings. The van der Waals surface area contributed by atoms with Crippen LogP contribution in [0.5, 0.6) is 0 Å². The van der Waals surface area contributed by atoms with Gasteiger partial charge in [-0.15, -0.1) is 0 Å². The monoisotopic (exact) mass is 383 g/mol. The summed E-state index contributed by atoms with van der Waals surface area (Å²) in [5.74, 6) is 0.0567. The maximum Gasteiger partial charge on any atom is 0.224 e. The van der Waals surface area contributed by atoms with Gasteiger partial charge in [-0.25, -0.2) is 8.42 Å². The van der Waals surface area contributed by atoms with Crippen molar-refractivity contribution in [2.45, 2.75) is 38.3 Å². The van der Waals surface area contributed by atoms with Crippen LogP contribution in [0.1, 0.15) is 25.7 Å². The normalized spacial score (nSPS) is 19.7. The van der Waals surface area contributed by atoms with Crippen molar-refractivity contribution >= 4 is 15.9 Å². The molecule has 3 heterocycles. The Morgan fingerprint density at radius 3 is 2.54 bits per heavy atom. The molecule has 0 saturated carbocycles. The molecular formula is C17H29N5O3S. The molecule has 0 radical (unpaired) electrons. The van der Waals surface area contributed by atoms with Gasteiger partial charge in [0.25, 0.3) is 0 Å². The third-order valence-electron chi connectivity index (χ3n) is 5.25. The van der Waals surface area contributed by atoms with Crippen LogP contribution in [0.4, 0.5) is 0 Å². The first-order chi connectivity index (χ1) is 12.4. The van der Waals surface area contributed by atoms with Crippen molar-refractivity contribution in [3.05, 3.63) is 18.5 Å². The minimum absolute atomic E-state index is 0.0567. The largest absolute Gasteiger partial charge is 0.339 e. The zero-order chi connectivity index (χ0) is 18.6. The van der Waals surface area contributed by atoms with Gasteiger partial charge in [0.05, 0.1) is 12.3 Å². The fraction of sp³-hybridized carbons (Fsp3) is 0.765. The van der Waals surface area contributed by atoms with E-state index in [2.05, 4.69) is 10.00 Å². The van der Waals surface area contributed by atoms with Crippen molar-refractivity contribution < 1.29 is 13.2 Å². The number of hydrogen-bond donors (Lipinski definition) is 0. The SMILES string of the molecule is CS(=O)(=O)N(CCN1CCCCC1)C1CN(C(=O)CCn2cccn2)C1. The molecule has 3 rings (SSSR count). The zero-order valence-electron chi connectivity index (χ0n) is 15.5. The number of amides is 1. The van der Waals surface area contributed by atoms with E-state index in [4.69, 9.17) is 0 Å². The quantitative estimate of drug-likeness (QED) is 0.642. The van der Waals surface area contributed by atoms with Crippen LogP contribution in [-0.4, -0.2) is 89.8 Å². The van der Waals surface area contributed by atoms with Crippen LogP contribution in [0, 0.1) is 0 Å². The maximum absolute atomic E-state index is 12.3. The molecule has 0 spiro atoms. The number of rotatable bonds is 8. The van der Waals surface area contributed by atoms with Crippen molar-refractivity contribution in [1.29, 1.82) is 0 Å². The van der Waals surface area contributed by atoms with E-state index in [0.717, 1.165) is 19.6 Å². The van der Waals surface area contributed by atoms with E-state index in [1.807, 2.05) is 12.3 Å². The highest BCUT2D eigenvalue weighted by atomic mass is 32.2. The van der Waals surface area contributed by atoms with Gasteiger partial charge in [0.2, 0.25) is 15.9 Å². The maximum atomic E-state index is 12.3. The Balaban J connectivity index is 1.46. The molecule has 1 aromatic rings. The fourth-order valence-corrected chi connectivity index (χ4v) is 4.77. The third-order valence-corrected chi connectivity index (χ3v) is 6.58. The molecule has 26 heavy (non-hydrogen) atoms. The zero-order valence-corrected chi connectivity index (χ0v) is 16.3. The van der Waals surface area contributed by atoms with E-state index >= 15 is 0 Å². The summed E-state index contributed by atoms with van der Waals surface area (Å²) in [6.07, 6.45) is 8.84. The Bertz CT molecular complexity index is 679. The van der Waals surface area contributed by atoms with Gasteiger partial charge in [-0.05, 0) is 32.0 Å². The van der Waals surface area contributed by atoms with Gasteiger partial charge in [0.15, 0.2) is 0 Å². The summed E-state index contributed by atoms with van der Waals surface area (Å²) in [7, 11) is -3.27. The molecule has 1 amide bonds. The highest BCUT2D eigenvalue weighted by Gasteiger charge is 2.38. The summed E-state index contributed by atoms with van der Waals surface area (Å²) in [4.78, 5) is 16.3. The average Bonchev–Trinajstić information content (AvgIpc) is 3.08. The Morgan fingerprint density at radius 1 is 1.19 bits per heavy atom. The lowest BCUT2D eigenvalue weighted by atomic mass is 10.1. The van der Waals surface area contributed by atoms with E-state index in [1.54, 1.807) is 20.1 Å². The van der Waals surface area contributed by atoms with E-state index < -0.39 is 10.0 Å². The van der Waals surface area contributed by atoms with Crippen LogP contribution in [0.25, 0.3) is 0 Å². The first-order valence-electron chi connectivity index (χ1n) is 9.38. The molecule has 0 atom stereocenters. The topological polar surface area (TPSA) is 78.8 Å². The second kappa shape index (κ2) is 8.49. The Hall–Kier alpha value is -1.45. The highest BCUT2D eigenvalue weighted by Crippen LogP contribution is 2.19. The molecular weight excluding hydrogens is 354 g/mol. The fourth-order valence-electron chi connectivity index (χ4n) is 3.68. The molecule has 146 valence electrons. The van der Waals surface area contributed by atoms with Crippen molar-refractivity contribution in [2.24, 2.45) is 0 Å². The van der Waals surface area contributed by atoms with Gasteiger partial charge >= 0.3 is 0 Å². The van der Waals surface area contributed by atoms with Gasteiger partial charge in [-0.2, -0.15) is 9.40 Å². The summed E-state index contributed by atoms with van der Waals surface area (Å²) in [5, 5.41) is 4.09. The van der Waals surface area contributed by atoms with Crippen LogP contribution in [-0.2, 0) is 21.4 Å². The molecule has 0 bridgehead atoms. The third kappa shape index (κ3) is 5.05. The van der Waals surface area contributed by atoms with Crippen molar-refractivity contribution in [1.82, 2.24) is 23.9 Å². The summed E-state index contributed by atoms with van der Waals surface area (Å²) >= 11 is 0.